The zero-order valence-electron chi connectivity index (χ0n) is 5.00. The van der Waals surface area contributed by atoms with E-state index in [0.717, 1.165) is 0 Å². The van der Waals surface area contributed by atoms with Crippen LogP contribution < -0.4 is 0 Å². The Morgan fingerprint density at radius 1 is 1.67 bits per heavy atom. The first-order valence-electron chi connectivity index (χ1n) is 2.03. The van der Waals surface area contributed by atoms with E-state index >= 15 is 0 Å². The van der Waals surface area contributed by atoms with Gasteiger partial charge in [-0.25, -0.2) is 4.79 Å². The molecule has 2 N–H and O–H groups in total. The second kappa shape index (κ2) is 7.34. The average Bonchev–Trinajstić information content (AvgIpc) is 1.68. The first-order valence-corrected chi connectivity index (χ1v) is 3.01. The van der Waals surface area contributed by atoms with Gasteiger partial charge in [0.05, 0.1) is 0 Å². The molecule has 0 radical (unpaired) electrons. The number of aliphatic carboxylic acids is 1. The topological polar surface area (TPSA) is 74.6 Å². The summed E-state index contributed by atoms with van der Waals surface area (Å²) >= 11 is -1.50. The minimum atomic E-state index is -1.50. The van der Waals surface area contributed by atoms with Crippen LogP contribution in [0.25, 0.3) is 0 Å². The van der Waals surface area contributed by atoms with Gasteiger partial charge in [-0.2, -0.15) is 0 Å². The molecule has 0 bridgehead atoms. The number of carboxylic acid groups (broad SMARTS) is 1. The zero-order chi connectivity index (χ0) is 7.86. The Bertz CT molecular complexity index is 108. The number of carbonyl (C=O) groups is 1. The molecule has 0 fully saturated rings. The standard InChI is InChI=1S/C4H6O2.Al.H2O.O/c1-3(2)4(5)6;;;/h1H2,2H3,(H,5,6);;1H2;/q;+1;;/p-1. The van der Waals surface area contributed by atoms with Crippen LogP contribution in [0.4, 0.5) is 0 Å². The predicted molar refractivity (Wildman–Crippen MR) is 31.1 cm³/mol. The molecule has 0 aliphatic heterocycles. The van der Waals surface area contributed by atoms with Crippen LogP contribution in [0.15, 0.2) is 12.2 Å². The van der Waals surface area contributed by atoms with Gasteiger partial charge in [-0.15, -0.1) is 0 Å². The maximum atomic E-state index is 9.60. The average molecular weight is 146 g/mol. The first-order chi connectivity index (χ1) is 4.06. The number of hydrogen-bond donors (Lipinski definition) is 2. The van der Waals surface area contributed by atoms with E-state index in [0.29, 0.717) is 0 Å². The summed E-state index contributed by atoms with van der Waals surface area (Å²) in [5.74, 6) is -0.935. The molecule has 0 unspecified atom stereocenters. The molecule has 9 heavy (non-hydrogen) atoms. The minimum absolute atomic E-state index is 0.176. The third-order valence-corrected chi connectivity index (χ3v) is 0.365. The van der Waals surface area contributed by atoms with Crippen LogP contribution in [0.1, 0.15) is 6.92 Å². The van der Waals surface area contributed by atoms with Gasteiger partial charge in [-0.1, -0.05) is 6.58 Å². The summed E-state index contributed by atoms with van der Waals surface area (Å²) in [5, 5.41) is 7.89. The SMILES string of the molecule is C=C(C)C(=O)O.[O]=[Al][OH]. The Morgan fingerprint density at radius 3 is 1.78 bits per heavy atom. The van der Waals surface area contributed by atoms with E-state index in [2.05, 4.69) is 6.58 Å². The van der Waals surface area contributed by atoms with E-state index in [-0.39, 0.29) is 5.57 Å². The fourth-order valence-corrected chi connectivity index (χ4v) is 0. The van der Waals surface area contributed by atoms with E-state index in [1.165, 1.54) is 6.92 Å². The molecular weight excluding hydrogens is 139 g/mol. The molecule has 0 saturated carbocycles. The maximum absolute atomic E-state index is 9.60. The second-order valence-corrected chi connectivity index (χ2v) is 1.40. The van der Waals surface area contributed by atoms with Gasteiger partial charge in [-0.05, 0) is 6.92 Å². The van der Waals surface area contributed by atoms with E-state index < -0.39 is 21.5 Å². The normalized spacial score (nSPS) is 5.89. The van der Waals surface area contributed by atoms with Crippen LogP contribution in [0.3, 0.4) is 0 Å². The third kappa shape index (κ3) is 18.8. The van der Waals surface area contributed by atoms with E-state index in [1.807, 2.05) is 0 Å². The van der Waals surface area contributed by atoms with Crippen LogP contribution in [-0.4, -0.2) is 30.7 Å². The summed E-state index contributed by atoms with van der Waals surface area (Å²) in [5.41, 5.74) is 0.176. The van der Waals surface area contributed by atoms with Crippen LogP contribution >= 0.6 is 0 Å². The molecule has 0 aromatic carbocycles. The van der Waals surface area contributed by atoms with Crippen molar-refractivity contribution in [3.05, 3.63) is 12.2 Å². The Kier molecular flexibility index (Phi) is 9.12. The fourth-order valence-electron chi connectivity index (χ4n) is 0. The molecule has 4 nitrogen and oxygen atoms in total. The molecule has 0 atom stereocenters. The molecule has 50 valence electrons. The summed E-state index contributed by atoms with van der Waals surface area (Å²) in [4.78, 5) is 9.60. The molecule has 0 aliphatic carbocycles. The van der Waals surface area contributed by atoms with Crippen molar-refractivity contribution in [3.8, 4) is 0 Å². The zero-order valence-corrected chi connectivity index (χ0v) is 6.15. The first kappa shape index (κ1) is 11.2. The van der Waals surface area contributed by atoms with Gasteiger partial charge < -0.3 is 5.11 Å². The molecular formula is C4H7AlO4. The Labute approximate surface area is 59.1 Å². The molecule has 0 saturated heterocycles. The molecule has 0 aromatic rings. The molecule has 0 rings (SSSR count). The predicted octanol–water partition coefficient (Wildman–Crippen LogP) is -0.410. The van der Waals surface area contributed by atoms with Gasteiger partial charge in [0, 0.05) is 5.57 Å². The number of hydrogen-bond acceptors (Lipinski definition) is 2. The van der Waals surface area contributed by atoms with Crippen molar-refractivity contribution >= 4 is 21.5 Å². The molecule has 0 aliphatic rings. The molecule has 0 aromatic heterocycles. The summed E-state index contributed by atoms with van der Waals surface area (Å²) in [6.45, 7) is 4.60. The number of carboxylic acids is 1. The van der Waals surface area contributed by atoms with Crippen LogP contribution in [0, 0.1) is 0 Å². The number of rotatable bonds is 1. The van der Waals surface area contributed by atoms with E-state index in [1.54, 1.807) is 0 Å². The van der Waals surface area contributed by atoms with Gasteiger partial charge in [-0.3, -0.25) is 0 Å². The quantitative estimate of drug-likeness (QED) is 0.389. The summed E-state index contributed by atoms with van der Waals surface area (Å²) in [6.07, 6.45) is 0. The monoisotopic (exact) mass is 146 g/mol. The molecule has 5 heteroatoms. The Hall–Kier alpha value is -0.658. The van der Waals surface area contributed by atoms with Gasteiger partial charge in [0.25, 0.3) is 0 Å². The van der Waals surface area contributed by atoms with E-state index in [9.17, 15) is 4.79 Å². The fraction of sp³-hybridized carbons (Fsp3) is 0.250. The summed E-state index contributed by atoms with van der Waals surface area (Å²) < 4.78 is 15.7. The van der Waals surface area contributed by atoms with Crippen molar-refractivity contribution in [2.45, 2.75) is 6.92 Å². The van der Waals surface area contributed by atoms with Crippen molar-refractivity contribution in [2.75, 3.05) is 0 Å². The Morgan fingerprint density at radius 2 is 1.78 bits per heavy atom. The summed E-state index contributed by atoms with van der Waals surface area (Å²) in [7, 11) is 0. The van der Waals surface area contributed by atoms with Crippen LogP contribution in [0.5, 0.6) is 0 Å². The molecule has 0 amide bonds. The van der Waals surface area contributed by atoms with Crippen molar-refractivity contribution in [1.82, 2.24) is 0 Å². The van der Waals surface area contributed by atoms with Crippen LogP contribution in [-0.2, 0) is 8.60 Å². The molecule has 0 heterocycles. The van der Waals surface area contributed by atoms with Crippen molar-refractivity contribution in [1.29, 1.82) is 0 Å². The van der Waals surface area contributed by atoms with Crippen molar-refractivity contribution in [3.63, 3.8) is 0 Å². The summed E-state index contributed by atoms with van der Waals surface area (Å²) in [6, 6.07) is 0. The van der Waals surface area contributed by atoms with Gasteiger partial charge in [0.2, 0.25) is 0 Å². The van der Waals surface area contributed by atoms with Crippen molar-refractivity contribution in [2.24, 2.45) is 0 Å². The van der Waals surface area contributed by atoms with E-state index in [4.69, 9.17) is 13.1 Å². The molecule has 0 spiro atoms. The van der Waals surface area contributed by atoms with Gasteiger partial charge in [0.1, 0.15) is 0 Å². The Balaban J connectivity index is 0. The van der Waals surface area contributed by atoms with Gasteiger partial charge in [0.15, 0.2) is 0 Å². The second-order valence-electron chi connectivity index (χ2n) is 1.19. The van der Waals surface area contributed by atoms with Crippen molar-refractivity contribution < 1.29 is 17.9 Å². The van der Waals surface area contributed by atoms with Crippen LogP contribution in [0.2, 0.25) is 0 Å². The third-order valence-electron chi connectivity index (χ3n) is 0.365. The van der Waals surface area contributed by atoms with Gasteiger partial charge >= 0.3 is 29.4 Å².